The van der Waals surface area contributed by atoms with E-state index in [1.54, 1.807) is 0 Å². The van der Waals surface area contributed by atoms with E-state index in [4.69, 9.17) is 5.73 Å². The van der Waals surface area contributed by atoms with Crippen molar-refractivity contribution in [1.82, 2.24) is 20.9 Å². The average molecular weight is 490 g/mol. The number of carboxylic acid groups (broad SMARTS) is 1. The maximum absolute atomic E-state index is 13.0. The fourth-order valence-corrected chi connectivity index (χ4v) is 4.42. The highest BCUT2D eigenvalue weighted by Crippen LogP contribution is 2.21. The topological polar surface area (TPSA) is 191 Å². The number of aliphatic carboxylic acids is 1. The molecular formula is C23H31N5O7. The lowest BCUT2D eigenvalue weighted by atomic mass is 10.0. The van der Waals surface area contributed by atoms with Crippen LogP contribution in [0.15, 0.2) is 24.3 Å². The molecule has 4 unspecified atom stereocenters. The summed E-state index contributed by atoms with van der Waals surface area (Å²) >= 11 is 0. The molecule has 1 aromatic rings. The molecule has 12 nitrogen and oxygen atoms in total. The van der Waals surface area contributed by atoms with Crippen LogP contribution in [-0.4, -0.2) is 82.0 Å². The normalized spacial score (nSPS) is 21.2. The van der Waals surface area contributed by atoms with Crippen molar-refractivity contribution < 1.29 is 34.2 Å². The van der Waals surface area contributed by atoms with E-state index in [2.05, 4.69) is 16.0 Å². The highest BCUT2D eigenvalue weighted by Gasteiger charge is 2.39. The largest absolute Gasteiger partial charge is 0.508 e. The Morgan fingerprint density at radius 1 is 1.06 bits per heavy atom. The van der Waals surface area contributed by atoms with Gasteiger partial charge in [0.15, 0.2) is 0 Å². The summed E-state index contributed by atoms with van der Waals surface area (Å²) in [6.07, 6.45) is 1.97. The number of nitrogens with two attached hydrogens (primary N) is 1. The average Bonchev–Trinajstić information content (AvgIpc) is 3.51. The van der Waals surface area contributed by atoms with Crippen molar-refractivity contribution in [3.63, 3.8) is 0 Å². The van der Waals surface area contributed by atoms with Crippen LogP contribution >= 0.6 is 0 Å². The van der Waals surface area contributed by atoms with Gasteiger partial charge in [0, 0.05) is 13.0 Å². The molecule has 0 aliphatic carbocycles. The number of hydrogen-bond donors (Lipinski definition) is 6. The molecule has 0 aromatic heterocycles. The SMILES string of the molecule is NC(=O)CC(NC(=O)C1CCCN1C(=O)C1CCCN1)C(=O)NC(Cc1ccc(O)cc1)C(=O)O. The van der Waals surface area contributed by atoms with Crippen molar-refractivity contribution >= 4 is 29.6 Å². The summed E-state index contributed by atoms with van der Waals surface area (Å²) in [7, 11) is 0. The minimum atomic E-state index is -1.40. The Bertz CT molecular complexity index is 962. The van der Waals surface area contributed by atoms with Gasteiger partial charge in [0.05, 0.1) is 12.5 Å². The Labute approximate surface area is 202 Å². The highest BCUT2D eigenvalue weighted by molar-refractivity contribution is 5.96. The van der Waals surface area contributed by atoms with Crippen molar-refractivity contribution in [2.75, 3.05) is 13.1 Å². The van der Waals surface area contributed by atoms with Gasteiger partial charge in [0.25, 0.3) is 0 Å². The Morgan fingerprint density at radius 3 is 2.37 bits per heavy atom. The van der Waals surface area contributed by atoms with Crippen molar-refractivity contribution in [3.8, 4) is 5.75 Å². The minimum absolute atomic E-state index is 0.0112. The summed E-state index contributed by atoms with van der Waals surface area (Å²) < 4.78 is 0. The molecule has 1 aromatic carbocycles. The lowest BCUT2D eigenvalue weighted by Crippen LogP contribution is -2.57. The lowest BCUT2D eigenvalue weighted by Gasteiger charge is -2.28. The van der Waals surface area contributed by atoms with Crippen molar-refractivity contribution in [2.24, 2.45) is 5.73 Å². The second-order valence-corrected chi connectivity index (χ2v) is 8.84. The van der Waals surface area contributed by atoms with Gasteiger partial charge in [-0.2, -0.15) is 0 Å². The first-order valence-corrected chi connectivity index (χ1v) is 11.6. The van der Waals surface area contributed by atoms with E-state index in [9.17, 15) is 34.2 Å². The molecule has 190 valence electrons. The summed E-state index contributed by atoms with van der Waals surface area (Å²) in [6, 6.07) is 1.94. The summed E-state index contributed by atoms with van der Waals surface area (Å²) in [5, 5.41) is 26.9. The predicted molar refractivity (Wildman–Crippen MR) is 123 cm³/mol. The van der Waals surface area contributed by atoms with Crippen LogP contribution in [0.25, 0.3) is 0 Å². The first-order valence-electron chi connectivity index (χ1n) is 11.6. The third kappa shape index (κ3) is 6.92. The van der Waals surface area contributed by atoms with E-state index in [-0.39, 0.29) is 24.1 Å². The molecule has 0 bridgehead atoms. The number of phenolic OH excluding ortho intramolecular Hbond substituents is 1. The molecule has 7 N–H and O–H groups in total. The summed E-state index contributed by atoms with van der Waals surface area (Å²) in [5.41, 5.74) is 5.81. The van der Waals surface area contributed by atoms with Gasteiger partial charge >= 0.3 is 5.97 Å². The smallest absolute Gasteiger partial charge is 0.326 e. The molecule has 3 rings (SSSR count). The quantitative estimate of drug-likeness (QED) is 0.231. The molecule has 35 heavy (non-hydrogen) atoms. The Kier molecular flexibility index (Phi) is 8.63. The van der Waals surface area contributed by atoms with E-state index in [0.717, 1.165) is 13.0 Å². The van der Waals surface area contributed by atoms with E-state index in [1.165, 1.54) is 29.2 Å². The predicted octanol–water partition coefficient (Wildman–Crippen LogP) is -1.39. The number of carboxylic acids is 1. The van der Waals surface area contributed by atoms with Crippen LogP contribution in [0.5, 0.6) is 5.75 Å². The fourth-order valence-electron chi connectivity index (χ4n) is 4.42. The number of amides is 4. The number of likely N-dealkylation sites (tertiary alicyclic amines) is 1. The lowest BCUT2D eigenvalue weighted by molar-refractivity contribution is -0.143. The Morgan fingerprint density at radius 2 is 1.77 bits per heavy atom. The van der Waals surface area contributed by atoms with Crippen molar-refractivity contribution in [1.29, 1.82) is 0 Å². The fraction of sp³-hybridized carbons (Fsp3) is 0.522. The van der Waals surface area contributed by atoms with Gasteiger partial charge in [-0.25, -0.2) is 4.79 Å². The number of nitrogens with zero attached hydrogens (tertiary/aromatic N) is 1. The second-order valence-electron chi connectivity index (χ2n) is 8.84. The van der Waals surface area contributed by atoms with Gasteiger partial charge in [0.2, 0.25) is 23.6 Å². The number of benzene rings is 1. The summed E-state index contributed by atoms with van der Waals surface area (Å²) in [4.78, 5) is 63.5. The number of rotatable bonds is 10. The molecule has 0 spiro atoms. The minimum Gasteiger partial charge on any atom is -0.508 e. The molecule has 2 saturated heterocycles. The van der Waals surface area contributed by atoms with Gasteiger partial charge in [-0.3, -0.25) is 19.2 Å². The first-order chi connectivity index (χ1) is 16.7. The maximum Gasteiger partial charge on any atom is 0.326 e. The zero-order chi connectivity index (χ0) is 25.5. The Hall–Kier alpha value is -3.67. The van der Waals surface area contributed by atoms with Gasteiger partial charge in [-0.05, 0) is 49.9 Å². The van der Waals surface area contributed by atoms with Crippen LogP contribution in [0.2, 0.25) is 0 Å². The van der Waals surface area contributed by atoms with Crippen LogP contribution in [-0.2, 0) is 30.4 Å². The molecule has 2 heterocycles. The summed E-state index contributed by atoms with van der Waals surface area (Å²) in [6.45, 7) is 1.15. The number of carbonyl (C=O) groups is 5. The van der Waals surface area contributed by atoms with Crippen LogP contribution in [0.3, 0.4) is 0 Å². The number of nitrogens with one attached hydrogen (secondary N) is 3. The van der Waals surface area contributed by atoms with Crippen molar-refractivity contribution in [3.05, 3.63) is 29.8 Å². The third-order valence-corrected chi connectivity index (χ3v) is 6.23. The summed E-state index contributed by atoms with van der Waals surface area (Å²) in [5.74, 6) is -3.80. The molecule has 0 radical (unpaired) electrons. The van der Waals surface area contributed by atoms with E-state index in [0.29, 0.717) is 31.4 Å². The van der Waals surface area contributed by atoms with E-state index in [1.807, 2.05) is 0 Å². The van der Waals surface area contributed by atoms with Crippen LogP contribution in [0.4, 0.5) is 0 Å². The van der Waals surface area contributed by atoms with E-state index < -0.39 is 48.2 Å². The monoisotopic (exact) mass is 489 g/mol. The number of hydrogen-bond acceptors (Lipinski definition) is 7. The molecule has 2 fully saturated rings. The molecule has 2 aliphatic rings. The van der Waals surface area contributed by atoms with Gasteiger partial charge in [0.1, 0.15) is 23.9 Å². The number of phenols is 1. The number of carbonyl (C=O) groups excluding carboxylic acids is 4. The zero-order valence-electron chi connectivity index (χ0n) is 19.2. The Balaban J connectivity index is 1.67. The van der Waals surface area contributed by atoms with Gasteiger partial charge in [-0.1, -0.05) is 12.1 Å². The molecule has 2 aliphatic heterocycles. The third-order valence-electron chi connectivity index (χ3n) is 6.23. The second kappa shape index (κ2) is 11.6. The first kappa shape index (κ1) is 25.9. The number of primary amides is 1. The highest BCUT2D eigenvalue weighted by atomic mass is 16.4. The number of aromatic hydroxyl groups is 1. The molecular weight excluding hydrogens is 458 g/mol. The van der Waals surface area contributed by atoms with E-state index >= 15 is 0 Å². The van der Waals surface area contributed by atoms with Crippen LogP contribution in [0.1, 0.15) is 37.7 Å². The molecule has 0 saturated carbocycles. The van der Waals surface area contributed by atoms with Gasteiger partial charge in [-0.15, -0.1) is 0 Å². The van der Waals surface area contributed by atoms with Crippen LogP contribution in [0, 0.1) is 0 Å². The standard InChI is InChI=1S/C23H31N5O7/c24-19(30)12-16(20(31)27-17(23(34)35)11-13-5-7-14(29)8-6-13)26-21(32)18-4-2-10-28(18)22(33)15-3-1-9-25-15/h5-8,15-18,25,29H,1-4,9-12H2,(H2,24,30)(H,26,32)(H,27,31)(H,34,35). The van der Waals surface area contributed by atoms with Gasteiger partial charge < -0.3 is 36.8 Å². The van der Waals surface area contributed by atoms with Crippen LogP contribution < -0.4 is 21.7 Å². The zero-order valence-corrected chi connectivity index (χ0v) is 19.2. The molecule has 4 amide bonds. The molecule has 12 heteroatoms. The van der Waals surface area contributed by atoms with Crippen molar-refractivity contribution in [2.45, 2.75) is 62.7 Å². The molecule has 4 atom stereocenters. The maximum atomic E-state index is 13.0.